The van der Waals surface area contributed by atoms with E-state index in [4.69, 9.17) is 0 Å². The first-order valence-electron chi connectivity index (χ1n) is 5.75. The van der Waals surface area contributed by atoms with E-state index >= 15 is 0 Å². The molecule has 0 amide bonds. The molecule has 100 valence electrons. The highest BCUT2D eigenvalue weighted by molar-refractivity contribution is 7.98. The molecule has 2 rings (SSSR count). The van der Waals surface area contributed by atoms with Gasteiger partial charge in [0.2, 0.25) is 0 Å². The predicted octanol–water partition coefficient (Wildman–Crippen LogP) is 3.45. The second kappa shape index (κ2) is 7.04. The summed E-state index contributed by atoms with van der Waals surface area (Å²) in [6.45, 7) is -0.415. The number of thioether (sulfide) groups is 1. The van der Waals surface area contributed by atoms with Crippen molar-refractivity contribution in [3.63, 3.8) is 0 Å². The van der Waals surface area contributed by atoms with Gasteiger partial charge in [0.15, 0.2) is 0 Å². The zero-order valence-corrected chi connectivity index (χ0v) is 10.9. The van der Waals surface area contributed by atoms with Gasteiger partial charge in [0, 0.05) is 5.75 Å². The van der Waals surface area contributed by atoms with Crippen LogP contribution in [0, 0.1) is 0 Å². The minimum absolute atomic E-state index is 0.373. The number of nitrogens with zero attached hydrogens (tertiary/aromatic N) is 2. The Kier molecular flexibility index (Phi) is 5.09. The van der Waals surface area contributed by atoms with Crippen LogP contribution < -0.4 is 5.32 Å². The van der Waals surface area contributed by atoms with Crippen molar-refractivity contribution < 1.29 is 8.78 Å². The molecule has 0 unspecified atom stereocenters. The minimum Gasteiger partial charge on any atom is -0.363 e. The van der Waals surface area contributed by atoms with Gasteiger partial charge in [-0.05, 0) is 5.56 Å². The fraction of sp³-hybridized carbons (Fsp3) is 0.231. The van der Waals surface area contributed by atoms with Gasteiger partial charge in [-0.1, -0.05) is 30.3 Å². The Bertz CT molecular complexity index is 508. The molecule has 6 heteroatoms. The average Bonchev–Trinajstić information content (AvgIpc) is 2.44. The summed E-state index contributed by atoms with van der Waals surface area (Å²) in [5, 5.41) is 3.26. The highest BCUT2D eigenvalue weighted by Crippen LogP contribution is 2.21. The quantitative estimate of drug-likeness (QED) is 0.823. The van der Waals surface area contributed by atoms with E-state index in [-0.39, 0.29) is 0 Å². The number of halogens is 2. The van der Waals surface area contributed by atoms with Crippen LogP contribution in [0.15, 0.2) is 47.8 Å². The number of nitrogens with one attached hydrogen (secondary N) is 1. The molecule has 1 aromatic heterocycles. The zero-order chi connectivity index (χ0) is 13.5. The highest BCUT2D eigenvalue weighted by atomic mass is 32.2. The van der Waals surface area contributed by atoms with Gasteiger partial charge in [0.1, 0.15) is 10.8 Å². The van der Waals surface area contributed by atoms with Crippen LogP contribution in [0.1, 0.15) is 5.56 Å². The van der Waals surface area contributed by atoms with E-state index in [1.54, 1.807) is 6.20 Å². The van der Waals surface area contributed by atoms with Gasteiger partial charge >= 0.3 is 0 Å². The molecule has 0 fully saturated rings. The summed E-state index contributed by atoms with van der Waals surface area (Å²) in [7, 11) is 0. The number of hydrogen-bond donors (Lipinski definition) is 1. The summed E-state index contributed by atoms with van der Waals surface area (Å²) >= 11 is 1.52. The summed E-state index contributed by atoms with van der Waals surface area (Å²) in [5.74, 6) is 1.15. The summed E-state index contributed by atoms with van der Waals surface area (Å²) in [6, 6.07) is 9.96. The van der Waals surface area contributed by atoms with E-state index in [0.717, 1.165) is 5.75 Å². The van der Waals surface area contributed by atoms with Crippen molar-refractivity contribution in [3.05, 3.63) is 48.3 Å². The fourth-order valence-electron chi connectivity index (χ4n) is 1.42. The summed E-state index contributed by atoms with van der Waals surface area (Å²) in [6.07, 6.45) is 0.665. The second-order valence-electron chi connectivity index (χ2n) is 3.79. The Hall–Kier alpha value is -1.69. The number of rotatable bonds is 6. The smallest absolute Gasteiger partial charge is 0.255 e. The van der Waals surface area contributed by atoms with E-state index in [0.29, 0.717) is 10.8 Å². The lowest BCUT2D eigenvalue weighted by molar-refractivity contribution is 0.163. The lowest BCUT2D eigenvalue weighted by Crippen LogP contribution is -2.11. The lowest BCUT2D eigenvalue weighted by Gasteiger charge is -2.06. The van der Waals surface area contributed by atoms with Gasteiger partial charge in [0.25, 0.3) is 6.43 Å². The van der Waals surface area contributed by atoms with Crippen molar-refractivity contribution in [2.24, 2.45) is 0 Å². The van der Waals surface area contributed by atoms with Gasteiger partial charge < -0.3 is 5.32 Å². The monoisotopic (exact) mass is 281 g/mol. The van der Waals surface area contributed by atoms with Crippen LogP contribution in [0.4, 0.5) is 14.6 Å². The second-order valence-corrected chi connectivity index (χ2v) is 4.78. The molecule has 19 heavy (non-hydrogen) atoms. The lowest BCUT2D eigenvalue weighted by atomic mass is 10.2. The van der Waals surface area contributed by atoms with Gasteiger partial charge in [-0.15, -0.1) is 11.8 Å². The molecule has 0 aliphatic carbocycles. The molecule has 0 bridgehead atoms. The van der Waals surface area contributed by atoms with Crippen LogP contribution in [0.3, 0.4) is 0 Å². The molecule has 0 spiro atoms. The molecule has 2 aromatic rings. The molecule has 1 heterocycles. The number of benzene rings is 1. The Morgan fingerprint density at radius 2 is 1.95 bits per heavy atom. The van der Waals surface area contributed by atoms with Crippen LogP contribution in [0.25, 0.3) is 0 Å². The van der Waals surface area contributed by atoms with Crippen LogP contribution in [0.2, 0.25) is 0 Å². The third-order valence-corrected chi connectivity index (χ3v) is 3.25. The van der Waals surface area contributed by atoms with Gasteiger partial charge in [0.05, 0.1) is 18.9 Å². The van der Waals surface area contributed by atoms with Gasteiger partial charge in [-0.3, -0.25) is 4.98 Å². The van der Waals surface area contributed by atoms with E-state index in [2.05, 4.69) is 15.3 Å². The fourth-order valence-corrected chi connectivity index (χ4v) is 2.22. The minimum atomic E-state index is -2.40. The van der Waals surface area contributed by atoms with Crippen molar-refractivity contribution in [3.8, 4) is 0 Å². The van der Waals surface area contributed by atoms with Crippen molar-refractivity contribution in [2.45, 2.75) is 17.2 Å². The first-order chi connectivity index (χ1) is 9.24. The largest absolute Gasteiger partial charge is 0.363 e. The molecule has 3 nitrogen and oxygen atoms in total. The van der Waals surface area contributed by atoms with Crippen molar-refractivity contribution in [2.75, 3.05) is 11.9 Å². The molecule has 0 atom stereocenters. The Labute approximate surface area is 114 Å². The molecular formula is C13H13F2N3S. The van der Waals surface area contributed by atoms with Crippen LogP contribution >= 0.6 is 11.8 Å². The normalized spacial score (nSPS) is 10.7. The van der Waals surface area contributed by atoms with Crippen LogP contribution in [0.5, 0.6) is 0 Å². The van der Waals surface area contributed by atoms with Crippen molar-refractivity contribution >= 4 is 17.6 Å². The van der Waals surface area contributed by atoms with E-state index in [1.807, 2.05) is 30.3 Å². The maximum atomic E-state index is 12.1. The Balaban J connectivity index is 1.91. The number of aromatic nitrogens is 2. The molecule has 0 aliphatic rings. The van der Waals surface area contributed by atoms with Crippen LogP contribution in [-0.2, 0) is 5.75 Å². The highest BCUT2D eigenvalue weighted by Gasteiger charge is 2.04. The van der Waals surface area contributed by atoms with Gasteiger partial charge in [-0.2, -0.15) is 0 Å². The topological polar surface area (TPSA) is 37.8 Å². The van der Waals surface area contributed by atoms with Crippen molar-refractivity contribution in [1.29, 1.82) is 0 Å². The maximum Gasteiger partial charge on any atom is 0.255 e. The first-order valence-corrected chi connectivity index (χ1v) is 6.73. The molecule has 1 N–H and O–H groups in total. The number of alkyl halides is 2. The molecule has 0 aliphatic heterocycles. The molecule has 0 radical (unpaired) electrons. The molecule has 0 saturated carbocycles. The predicted molar refractivity (Wildman–Crippen MR) is 72.5 cm³/mol. The number of anilines is 1. The third-order valence-electron chi connectivity index (χ3n) is 2.28. The van der Waals surface area contributed by atoms with E-state index < -0.39 is 13.0 Å². The summed E-state index contributed by atoms with van der Waals surface area (Å²) in [5.41, 5.74) is 1.18. The molecule has 1 aromatic carbocycles. The Morgan fingerprint density at radius 1 is 1.16 bits per heavy atom. The summed E-state index contributed by atoms with van der Waals surface area (Å²) < 4.78 is 24.1. The zero-order valence-electron chi connectivity index (χ0n) is 10.1. The maximum absolute atomic E-state index is 12.1. The molecule has 0 saturated heterocycles. The number of hydrogen-bond acceptors (Lipinski definition) is 4. The van der Waals surface area contributed by atoms with E-state index in [9.17, 15) is 8.78 Å². The Morgan fingerprint density at radius 3 is 2.68 bits per heavy atom. The summed E-state index contributed by atoms with van der Waals surface area (Å²) in [4.78, 5) is 8.20. The van der Waals surface area contributed by atoms with Gasteiger partial charge in [-0.25, -0.2) is 13.8 Å². The third kappa shape index (κ3) is 4.82. The first kappa shape index (κ1) is 13.7. The average molecular weight is 281 g/mol. The molecular weight excluding hydrogens is 268 g/mol. The van der Waals surface area contributed by atoms with Crippen LogP contribution in [-0.4, -0.2) is 22.9 Å². The standard InChI is InChI=1S/C13H13F2N3S/c14-11(15)6-17-12-7-16-8-13(18-12)19-9-10-4-2-1-3-5-10/h1-5,7-8,11H,6,9H2,(H,17,18). The van der Waals surface area contributed by atoms with E-state index in [1.165, 1.54) is 23.5 Å². The SMILES string of the molecule is FC(F)CNc1cncc(SCc2ccccc2)n1. The van der Waals surface area contributed by atoms with Crippen molar-refractivity contribution in [1.82, 2.24) is 9.97 Å².